The zero-order valence-electron chi connectivity index (χ0n) is 8.85. The molecule has 0 radical (unpaired) electrons. The Balaban J connectivity index is 3.95. The third-order valence-corrected chi connectivity index (χ3v) is 2.63. The van der Waals surface area contributed by atoms with Gasteiger partial charge in [-0.15, -0.1) is 0 Å². The molecule has 0 amide bonds. The van der Waals surface area contributed by atoms with Crippen LogP contribution in [0.4, 0.5) is 0 Å². The Morgan fingerprint density at radius 2 is 2.00 bits per heavy atom. The van der Waals surface area contributed by atoms with Crippen molar-refractivity contribution in [3.05, 3.63) is 0 Å². The van der Waals surface area contributed by atoms with Crippen molar-refractivity contribution >= 4 is 0 Å². The lowest BCUT2D eigenvalue weighted by molar-refractivity contribution is 0.307. The van der Waals surface area contributed by atoms with Crippen molar-refractivity contribution in [2.75, 3.05) is 0 Å². The molecule has 12 heavy (non-hydrogen) atoms. The highest BCUT2D eigenvalue weighted by molar-refractivity contribution is 4.95. The number of hydrogen-bond donors (Lipinski definition) is 0. The topological polar surface area (TPSA) is 23.8 Å². The molecule has 0 aliphatic heterocycles. The van der Waals surface area contributed by atoms with Crippen LogP contribution in [0.3, 0.4) is 0 Å². The third-order valence-electron chi connectivity index (χ3n) is 2.63. The average Bonchev–Trinajstić information content (AvgIpc) is 2.05. The minimum atomic E-state index is -0.0887. The van der Waals surface area contributed by atoms with Crippen molar-refractivity contribution in [3.8, 4) is 6.07 Å². The van der Waals surface area contributed by atoms with Crippen molar-refractivity contribution in [1.82, 2.24) is 0 Å². The van der Waals surface area contributed by atoms with E-state index < -0.39 is 0 Å². The van der Waals surface area contributed by atoms with Crippen LogP contribution in [-0.2, 0) is 0 Å². The van der Waals surface area contributed by atoms with Crippen molar-refractivity contribution in [2.45, 2.75) is 53.4 Å². The Labute approximate surface area is 76.8 Å². The van der Waals surface area contributed by atoms with E-state index in [1.165, 1.54) is 12.8 Å². The Kier molecular flexibility index (Phi) is 4.97. The Morgan fingerprint density at radius 3 is 2.33 bits per heavy atom. The largest absolute Gasteiger partial charge is 0.198 e. The van der Waals surface area contributed by atoms with E-state index in [1.807, 2.05) is 0 Å². The minimum Gasteiger partial charge on any atom is -0.198 e. The van der Waals surface area contributed by atoms with Gasteiger partial charge in [-0.3, -0.25) is 0 Å². The van der Waals surface area contributed by atoms with Gasteiger partial charge in [-0.1, -0.05) is 33.6 Å². The van der Waals surface area contributed by atoms with Crippen molar-refractivity contribution in [2.24, 2.45) is 11.3 Å². The summed E-state index contributed by atoms with van der Waals surface area (Å²) >= 11 is 0. The number of hydrogen-bond acceptors (Lipinski definition) is 1. The molecule has 0 saturated heterocycles. The van der Waals surface area contributed by atoms with Gasteiger partial charge < -0.3 is 0 Å². The van der Waals surface area contributed by atoms with Crippen LogP contribution in [0.5, 0.6) is 0 Å². The lowest BCUT2D eigenvalue weighted by atomic mass is 9.79. The lowest BCUT2D eigenvalue weighted by Crippen LogP contribution is -2.16. The highest BCUT2D eigenvalue weighted by Crippen LogP contribution is 2.30. The second-order valence-corrected chi connectivity index (χ2v) is 4.12. The van der Waals surface area contributed by atoms with E-state index >= 15 is 0 Å². The summed E-state index contributed by atoms with van der Waals surface area (Å²) in [6.45, 7) is 8.61. The first-order chi connectivity index (χ1) is 5.58. The molecule has 0 aromatic heterocycles. The van der Waals surface area contributed by atoms with Gasteiger partial charge in [-0.25, -0.2) is 0 Å². The molecule has 0 saturated carbocycles. The van der Waals surface area contributed by atoms with Gasteiger partial charge in [0.1, 0.15) is 0 Å². The molecule has 70 valence electrons. The van der Waals surface area contributed by atoms with Gasteiger partial charge >= 0.3 is 0 Å². The highest BCUT2D eigenvalue weighted by atomic mass is 14.3. The summed E-state index contributed by atoms with van der Waals surface area (Å²) in [7, 11) is 0. The van der Waals surface area contributed by atoms with Crippen LogP contribution in [-0.4, -0.2) is 0 Å². The number of nitriles is 1. The molecule has 0 heterocycles. The molecule has 2 atom stereocenters. The summed E-state index contributed by atoms with van der Waals surface area (Å²) in [6.07, 6.45) is 4.50. The normalized spacial score (nSPS) is 17.9. The summed E-state index contributed by atoms with van der Waals surface area (Å²) in [6, 6.07) is 2.42. The molecule has 1 heteroatoms. The molecular weight excluding hydrogens is 146 g/mol. The van der Waals surface area contributed by atoms with Crippen LogP contribution in [0.15, 0.2) is 0 Å². The highest BCUT2D eigenvalue weighted by Gasteiger charge is 2.23. The first-order valence-electron chi connectivity index (χ1n) is 4.99. The molecule has 0 aromatic rings. The number of rotatable bonds is 5. The van der Waals surface area contributed by atoms with Gasteiger partial charge in [0, 0.05) is 0 Å². The fourth-order valence-electron chi connectivity index (χ4n) is 1.63. The van der Waals surface area contributed by atoms with Gasteiger partial charge in [0.15, 0.2) is 0 Å². The van der Waals surface area contributed by atoms with Crippen LogP contribution in [0, 0.1) is 22.7 Å². The van der Waals surface area contributed by atoms with Crippen LogP contribution in [0.2, 0.25) is 0 Å². The molecular formula is C11H21N. The minimum absolute atomic E-state index is 0.0887. The molecule has 0 bridgehead atoms. The monoisotopic (exact) mass is 167 g/mol. The molecule has 0 spiro atoms. The average molecular weight is 167 g/mol. The van der Waals surface area contributed by atoms with Gasteiger partial charge in [0.05, 0.1) is 11.5 Å². The molecule has 1 nitrogen and oxygen atoms in total. The van der Waals surface area contributed by atoms with Crippen LogP contribution in [0.1, 0.15) is 53.4 Å². The van der Waals surface area contributed by atoms with E-state index in [9.17, 15) is 0 Å². The van der Waals surface area contributed by atoms with Gasteiger partial charge in [-0.2, -0.15) is 5.26 Å². The summed E-state index contributed by atoms with van der Waals surface area (Å²) in [5.74, 6) is 0.694. The number of nitrogens with zero attached hydrogens (tertiary/aromatic N) is 1. The van der Waals surface area contributed by atoms with Crippen molar-refractivity contribution in [3.63, 3.8) is 0 Å². The first-order valence-corrected chi connectivity index (χ1v) is 4.99. The Morgan fingerprint density at radius 1 is 1.42 bits per heavy atom. The molecule has 0 rings (SSSR count). The fraction of sp³-hybridized carbons (Fsp3) is 0.909. The molecule has 0 aliphatic rings. The summed E-state index contributed by atoms with van der Waals surface area (Å²) in [4.78, 5) is 0. The Bertz CT molecular complexity index is 157. The first kappa shape index (κ1) is 11.5. The van der Waals surface area contributed by atoms with Crippen LogP contribution >= 0.6 is 0 Å². The van der Waals surface area contributed by atoms with Gasteiger partial charge in [0.25, 0.3) is 0 Å². The predicted octanol–water partition coefficient (Wildman–Crippen LogP) is 3.75. The molecule has 0 N–H and O–H groups in total. The summed E-state index contributed by atoms with van der Waals surface area (Å²) < 4.78 is 0. The zero-order valence-corrected chi connectivity index (χ0v) is 8.85. The SMILES string of the molecule is CCCC(C)CC(C)(C#N)CC. The van der Waals surface area contributed by atoms with Crippen LogP contribution < -0.4 is 0 Å². The summed E-state index contributed by atoms with van der Waals surface area (Å²) in [5, 5.41) is 8.95. The molecule has 0 fully saturated rings. The smallest absolute Gasteiger partial charge is 0.0686 e. The maximum absolute atomic E-state index is 8.95. The van der Waals surface area contributed by atoms with Gasteiger partial charge in [-0.05, 0) is 25.7 Å². The van der Waals surface area contributed by atoms with Crippen molar-refractivity contribution < 1.29 is 0 Å². The maximum Gasteiger partial charge on any atom is 0.0686 e. The van der Waals surface area contributed by atoms with E-state index in [2.05, 4.69) is 33.8 Å². The van der Waals surface area contributed by atoms with E-state index in [4.69, 9.17) is 5.26 Å². The lowest BCUT2D eigenvalue weighted by Gasteiger charge is -2.23. The second kappa shape index (κ2) is 5.19. The molecule has 0 aliphatic carbocycles. The quantitative estimate of drug-likeness (QED) is 0.611. The predicted molar refractivity (Wildman–Crippen MR) is 52.7 cm³/mol. The zero-order chi connectivity index (χ0) is 9.61. The van der Waals surface area contributed by atoms with E-state index in [-0.39, 0.29) is 5.41 Å². The van der Waals surface area contributed by atoms with E-state index in [1.54, 1.807) is 0 Å². The van der Waals surface area contributed by atoms with E-state index in [0.717, 1.165) is 12.8 Å². The Hall–Kier alpha value is -0.510. The third kappa shape index (κ3) is 3.76. The second-order valence-electron chi connectivity index (χ2n) is 4.12. The standard InChI is InChI=1S/C11H21N/c1-5-7-10(3)8-11(4,6-2)9-12/h10H,5-8H2,1-4H3. The van der Waals surface area contributed by atoms with Crippen LogP contribution in [0.25, 0.3) is 0 Å². The van der Waals surface area contributed by atoms with Crippen molar-refractivity contribution in [1.29, 1.82) is 5.26 Å². The molecule has 2 unspecified atom stereocenters. The van der Waals surface area contributed by atoms with Gasteiger partial charge in [0.2, 0.25) is 0 Å². The van der Waals surface area contributed by atoms with E-state index in [0.29, 0.717) is 5.92 Å². The molecule has 0 aromatic carbocycles. The maximum atomic E-state index is 8.95. The fourth-order valence-corrected chi connectivity index (χ4v) is 1.63. The summed E-state index contributed by atoms with van der Waals surface area (Å²) in [5.41, 5.74) is -0.0887.